The fourth-order valence-corrected chi connectivity index (χ4v) is 2.90. The number of hydrazone groups is 1. The fraction of sp³-hybridized carbons (Fsp3) is 0.200. The summed E-state index contributed by atoms with van der Waals surface area (Å²) in [5.74, 6) is -1.81. The van der Waals surface area contributed by atoms with E-state index in [1.54, 1.807) is 12.1 Å². The van der Waals surface area contributed by atoms with Gasteiger partial charge in [-0.05, 0) is 31.2 Å². The minimum Gasteiger partial charge on any atom is -0.505 e. The lowest BCUT2D eigenvalue weighted by molar-refractivity contribution is -0.118. The van der Waals surface area contributed by atoms with Crippen molar-refractivity contribution in [2.75, 3.05) is 17.4 Å². The molecule has 1 atom stereocenters. The molecule has 8 nitrogen and oxygen atoms in total. The van der Waals surface area contributed by atoms with Crippen molar-refractivity contribution in [3.05, 3.63) is 54.1 Å². The number of phenolic OH excluding ortho intramolecular Hbond substituents is 1. The number of benzene rings is 2. The molecule has 8 heteroatoms. The van der Waals surface area contributed by atoms with Gasteiger partial charge in [-0.2, -0.15) is 5.10 Å². The first-order valence-corrected chi connectivity index (χ1v) is 8.56. The summed E-state index contributed by atoms with van der Waals surface area (Å²) < 4.78 is 4.60. The highest BCUT2D eigenvalue weighted by molar-refractivity contribution is 6.44. The van der Waals surface area contributed by atoms with Gasteiger partial charge in [-0.25, -0.2) is 4.79 Å². The van der Waals surface area contributed by atoms with E-state index in [0.29, 0.717) is 5.69 Å². The van der Waals surface area contributed by atoms with Crippen LogP contribution >= 0.6 is 0 Å². The first-order chi connectivity index (χ1) is 13.4. The van der Waals surface area contributed by atoms with Crippen LogP contribution in [0.25, 0.3) is 0 Å². The third kappa shape index (κ3) is 3.71. The largest absolute Gasteiger partial charge is 0.505 e. The van der Waals surface area contributed by atoms with Gasteiger partial charge in [0.15, 0.2) is 11.5 Å². The Balaban J connectivity index is 1.85. The maximum absolute atomic E-state index is 12.7. The number of Topliss-reactive ketones (excluding diaryl/α,β-unsaturated/α-hetero) is 1. The Morgan fingerprint density at radius 3 is 2.50 bits per heavy atom. The van der Waals surface area contributed by atoms with Crippen LogP contribution in [0, 0.1) is 0 Å². The van der Waals surface area contributed by atoms with Crippen LogP contribution in [-0.4, -0.2) is 41.6 Å². The van der Waals surface area contributed by atoms with Crippen molar-refractivity contribution in [2.24, 2.45) is 5.10 Å². The second-order valence-corrected chi connectivity index (χ2v) is 6.20. The highest BCUT2D eigenvalue weighted by Crippen LogP contribution is 2.29. The van der Waals surface area contributed by atoms with Gasteiger partial charge in [0.05, 0.1) is 18.5 Å². The van der Waals surface area contributed by atoms with Gasteiger partial charge in [0.1, 0.15) is 17.3 Å². The number of carbonyl (C=O) groups excluding carboxylic acids is 3. The van der Waals surface area contributed by atoms with E-state index in [9.17, 15) is 19.5 Å². The Hall–Kier alpha value is -3.68. The van der Waals surface area contributed by atoms with E-state index in [2.05, 4.69) is 15.2 Å². The van der Waals surface area contributed by atoms with E-state index in [1.165, 1.54) is 37.2 Å². The standard InChI is InChI=1S/C20H19N3O5/c1-12(24)17-11-16(22-23(17)13-7-4-3-5-8-13)19(26)21-15-10-6-9-14(18(15)25)20(27)28-2/h3-10,17,25H,11H2,1-2H3,(H,21,26). The van der Waals surface area contributed by atoms with E-state index >= 15 is 0 Å². The number of methoxy groups -OCH3 is 1. The third-order valence-electron chi connectivity index (χ3n) is 4.35. The molecule has 2 N–H and O–H groups in total. The van der Waals surface area contributed by atoms with Crippen LogP contribution in [0.15, 0.2) is 53.6 Å². The van der Waals surface area contributed by atoms with E-state index in [1.807, 2.05) is 18.2 Å². The van der Waals surface area contributed by atoms with Crippen LogP contribution in [0.1, 0.15) is 23.7 Å². The lowest BCUT2D eigenvalue weighted by atomic mass is 10.1. The van der Waals surface area contributed by atoms with Gasteiger partial charge in [0.2, 0.25) is 0 Å². The molecule has 0 radical (unpaired) electrons. The average molecular weight is 381 g/mol. The highest BCUT2D eigenvalue weighted by Gasteiger charge is 2.34. The lowest BCUT2D eigenvalue weighted by Crippen LogP contribution is -2.33. The smallest absolute Gasteiger partial charge is 0.341 e. The summed E-state index contributed by atoms with van der Waals surface area (Å²) >= 11 is 0. The van der Waals surface area contributed by atoms with Gasteiger partial charge in [-0.1, -0.05) is 24.3 Å². The summed E-state index contributed by atoms with van der Waals surface area (Å²) in [6.07, 6.45) is 0.132. The summed E-state index contributed by atoms with van der Waals surface area (Å²) in [6, 6.07) is 12.8. The SMILES string of the molecule is COC(=O)c1cccc(NC(=O)C2=NN(c3ccccc3)C(C(C)=O)C2)c1O. The Kier molecular flexibility index (Phi) is 5.39. The number of esters is 1. The number of anilines is 2. The van der Waals surface area contributed by atoms with Crippen molar-refractivity contribution in [1.29, 1.82) is 0 Å². The molecule has 0 bridgehead atoms. The monoisotopic (exact) mass is 381 g/mol. The number of hydrogen-bond donors (Lipinski definition) is 2. The predicted octanol–water partition coefficient (Wildman–Crippen LogP) is 2.34. The van der Waals surface area contributed by atoms with Crippen molar-refractivity contribution in [3.63, 3.8) is 0 Å². The van der Waals surface area contributed by atoms with Crippen molar-refractivity contribution in [1.82, 2.24) is 0 Å². The van der Waals surface area contributed by atoms with Crippen LogP contribution in [0.2, 0.25) is 0 Å². The summed E-state index contributed by atoms with van der Waals surface area (Å²) in [7, 11) is 1.19. The number of nitrogens with one attached hydrogen (secondary N) is 1. The molecule has 0 saturated heterocycles. The number of para-hydroxylation sites is 2. The molecule has 0 aromatic heterocycles. The molecule has 2 aromatic rings. The minimum absolute atomic E-state index is 0.0492. The van der Waals surface area contributed by atoms with Gasteiger partial charge >= 0.3 is 5.97 Å². The molecule has 28 heavy (non-hydrogen) atoms. The van der Waals surface area contributed by atoms with Crippen LogP contribution < -0.4 is 10.3 Å². The zero-order chi connectivity index (χ0) is 20.3. The maximum Gasteiger partial charge on any atom is 0.341 e. The van der Waals surface area contributed by atoms with Crippen LogP contribution in [0.3, 0.4) is 0 Å². The number of hydrogen-bond acceptors (Lipinski definition) is 7. The summed E-state index contributed by atoms with van der Waals surface area (Å²) in [5, 5.41) is 18.6. The zero-order valence-corrected chi connectivity index (χ0v) is 15.4. The van der Waals surface area contributed by atoms with Gasteiger partial charge in [0, 0.05) is 6.42 Å². The molecule has 0 saturated carbocycles. The van der Waals surface area contributed by atoms with Gasteiger partial charge in [-0.15, -0.1) is 0 Å². The Morgan fingerprint density at radius 2 is 1.86 bits per heavy atom. The second kappa shape index (κ2) is 7.91. The molecular formula is C20H19N3O5. The first kappa shape index (κ1) is 19.1. The molecule has 3 rings (SSSR count). The van der Waals surface area contributed by atoms with Crippen molar-refractivity contribution in [3.8, 4) is 5.75 Å². The number of ketones is 1. The minimum atomic E-state index is -0.723. The topological polar surface area (TPSA) is 108 Å². The average Bonchev–Trinajstić information content (AvgIpc) is 3.15. The van der Waals surface area contributed by atoms with Crippen molar-refractivity contribution >= 4 is 34.7 Å². The van der Waals surface area contributed by atoms with Gasteiger partial charge < -0.3 is 15.2 Å². The Labute approximate surface area is 161 Å². The van der Waals surface area contributed by atoms with Crippen LogP contribution in [-0.2, 0) is 14.3 Å². The van der Waals surface area contributed by atoms with E-state index in [0.717, 1.165) is 0 Å². The molecular weight excluding hydrogens is 362 g/mol. The number of ether oxygens (including phenoxy) is 1. The summed E-state index contributed by atoms with van der Waals surface area (Å²) in [6.45, 7) is 1.45. The molecule has 1 heterocycles. The van der Waals surface area contributed by atoms with Crippen molar-refractivity contribution in [2.45, 2.75) is 19.4 Å². The Bertz CT molecular complexity index is 956. The van der Waals surface area contributed by atoms with Gasteiger partial charge in [-0.3, -0.25) is 14.6 Å². The molecule has 0 aliphatic carbocycles. The normalized spacial score (nSPS) is 15.7. The van der Waals surface area contributed by atoms with E-state index in [-0.39, 0.29) is 29.2 Å². The number of aromatic hydroxyl groups is 1. The van der Waals surface area contributed by atoms with Crippen LogP contribution in [0.4, 0.5) is 11.4 Å². The summed E-state index contributed by atoms with van der Waals surface area (Å²) in [5.41, 5.74) is 0.822. The quantitative estimate of drug-likeness (QED) is 0.608. The number of nitrogens with zero attached hydrogens (tertiary/aromatic N) is 2. The zero-order valence-electron chi connectivity index (χ0n) is 15.4. The van der Waals surface area contributed by atoms with Gasteiger partial charge in [0.25, 0.3) is 5.91 Å². The molecule has 144 valence electrons. The Morgan fingerprint density at radius 1 is 1.14 bits per heavy atom. The molecule has 2 aromatic carbocycles. The van der Waals surface area contributed by atoms with E-state index < -0.39 is 23.7 Å². The third-order valence-corrected chi connectivity index (χ3v) is 4.35. The first-order valence-electron chi connectivity index (χ1n) is 8.56. The number of carbonyl (C=O) groups is 3. The molecule has 0 fully saturated rings. The highest BCUT2D eigenvalue weighted by atomic mass is 16.5. The molecule has 1 amide bonds. The molecule has 0 spiro atoms. The number of phenols is 1. The fourth-order valence-electron chi connectivity index (χ4n) is 2.90. The summed E-state index contributed by atoms with van der Waals surface area (Å²) in [4.78, 5) is 36.4. The number of rotatable bonds is 5. The van der Waals surface area contributed by atoms with Crippen molar-refractivity contribution < 1.29 is 24.2 Å². The molecule has 1 aliphatic heterocycles. The predicted molar refractivity (Wildman–Crippen MR) is 104 cm³/mol. The maximum atomic E-state index is 12.7. The van der Waals surface area contributed by atoms with Crippen LogP contribution in [0.5, 0.6) is 5.75 Å². The second-order valence-electron chi connectivity index (χ2n) is 6.20. The van der Waals surface area contributed by atoms with E-state index in [4.69, 9.17) is 0 Å². The molecule has 1 unspecified atom stereocenters. The molecule has 1 aliphatic rings. The lowest BCUT2D eigenvalue weighted by Gasteiger charge is -2.20. The number of amides is 1.